The van der Waals surface area contributed by atoms with Gasteiger partial charge in [-0.1, -0.05) is 30.0 Å². The number of carbonyl (C=O) groups is 1. The normalized spacial score (nSPS) is 13.5. The zero-order chi connectivity index (χ0) is 21.6. The van der Waals surface area contributed by atoms with Gasteiger partial charge in [0.15, 0.2) is 11.0 Å². The molecule has 1 amide bonds. The predicted molar refractivity (Wildman–Crippen MR) is 124 cm³/mol. The van der Waals surface area contributed by atoms with Crippen LogP contribution in [0.3, 0.4) is 0 Å². The first-order valence-electron chi connectivity index (χ1n) is 10.6. The second-order valence-corrected chi connectivity index (χ2v) is 8.86. The molecule has 2 aromatic heterocycles. The van der Waals surface area contributed by atoms with E-state index < -0.39 is 0 Å². The summed E-state index contributed by atoms with van der Waals surface area (Å²) in [6.45, 7) is 2.54. The molecule has 31 heavy (non-hydrogen) atoms. The second kappa shape index (κ2) is 10.1. The van der Waals surface area contributed by atoms with Crippen LogP contribution in [-0.2, 0) is 17.8 Å². The second-order valence-electron chi connectivity index (χ2n) is 7.92. The Morgan fingerprint density at radius 3 is 2.74 bits per heavy atom. The molecular formula is C23H28N6OS. The van der Waals surface area contributed by atoms with Crippen molar-refractivity contribution in [2.75, 3.05) is 37.8 Å². The van der Waals surface area contributed by atoms with Crippen LogP contribution in [0.1, 0.15) is 18.4 Å². The molecule has 1 aliphatic rings. The van der Waals surface area contributed by atoms with Crippen LogP contribution < -0.4 is 4.90 Å². The lowest BCUT2D eigenvalue weighted by Gasteiger charge is -2.29. The highest BCUT2D eigenvalue weighted by Gasteiger charge is 2.23. The van der Waals surface area contributed by atoms with Crippen LogP contribution in [-0.4, -0.2) is 63.5 Å². The number of hydrogen-bond donors (Lipinski definition) is 0. The summed E-state index contributed by atoms with van der Waals surface area (Å²) in [5.74, 6) is 1.28. The van der Waals surface area contributed by atoms with Crippen LogP contribution >= 0.6 is 11.8 Å². The van der Waals surface area contributed by atoms with Crippen LogP contribution in [0.5, 0.6) is 0 Å². The van der Waals surface area contributed by atoms with E-state index in [0.29, 0.717) is 5.75 Å². The molecule has 3 aromatic rings. The van der Waals surface area contributed by atoms with Crippen molar-refractivity contribution in [3.8, 4) is 11.4 Å². The van der Waals surface area contributed by atoms with Gasteiger partial charge in [-0.15, -0.1) is 10.2 Å². The van der Waals surface area contributed by atoms with Gasteiger partial charge in [0, 0.05) is 36.7 Å². The summed E-state index contributed by atoms with van der Waals surface area (Å²) in [6.07, 6.45) is 6.53. The van der Waals surface area contributed by atoms with Gasteiger partial charge >= 0.3 is 0 Å². The molecular weight excluding hydrogens is 408 g/mol. The zero-order valence-electron chi connectivity index (χ0n) is 18.1. The topological polar surface area (TPSA) is 67.2 Å². The first-order valence-corrected chi connectivity index (χ1v) is 11.6. The minimum atomic E-state index is 0.116. The van der Waals surface area contributed by atoms with Crippen molar-refractivity contribution in [1.82, 2.24) is 24.6 Å². The molecule has 0 unspecified atom stereocenters. The fourth-order valence-electron chi connectivity index (χ4n) is 3.85. The summed E-state index contributed by atoms with van der Waals surface area (Å²) in [4.78, 5) is 21.2. The van der Waals surface area contributed by atoms with E-state index in [1.165, 1.54) is 17.3 Å². The molecule has 0 fully saturated rings. The monoisotopic (exact) mass is 436 g/mol. The largest absolute Gasteiger partial charge is 0.311 e. The molecule has 0 spiro atoms. The van der Waals surface area contributed by atoms with Crippen LogP contribution in [0.4, 0.5) is 5.69 Å². The first kappa shape index (κ1) is 21.5. The summed E-state index contributed by atoms with van der Waals surface area (Å²) < 4.78 is 2.13. The lowest BCUT2D eigenvalue weighted by Crippen LogP contribution is -2.36. The summed E-state index contributed by atoms with van der Waals surface area (Å²) in [7, 11) is 4.14. The molecule has 0 N–H and O–H groups in total. The number of aryl methyl sites for hydroxylation is 1. The molecule has 0 aliphatic carbocycles. The van der Waals surface area contributed by atoms with Crippen molar-refractivity contribution in [3.63, 3.8) is 0 Å². The molecule has 7 nitrogen and oxygen atoms in total. The number of amides is 1. The Hall–Kier alpha value is -2.71. The fourth-order valence-corrected chi connectivity index (χ4v) is 4.69. The van der Waals surface area contributed by atoms with E-state index in [2.05, 4.69) is 44.8 Å². The van der Waals surface area contributed by atoms with E-state index >= 15 is 0 Å². The Morgan fingerprint density at radius 1 is 1.13 bits per heavy atom. The molecule has 3 heterocycles. The number of para-hydroxylation sites is 1. The van der Waals surface area contributed by atoms with Gasteiger partial charge in [0.1, 0.15) is 0 Å². The van der Waals surface area contributed by atoms with Gasteiger partial charge in [-0.25, -0.2) is 0 Å². The van der Waals surface area contributed by atoms with Crippen molar-refractivity contribution >= 4 is 23.4 Å². The molecule has 0 atom stereocenters. The summed E-state index contributed by atoms with van der Waals surface area (Å²) in [5.41, 5.74) is 3.28. The fraction of sp³-hybridized carbons (Fsp3) is 0.391. The van der Waals surface area contributed by atoms with Gasteiger partial charge < -0.3 is 14.4 Å². The standard InChI is InChI=1S/C23H28N6OS/c1-27(2)14-6-16-29-22(19-10-12-24-13-11-19)25-26-23(29)31-17-21(30)28-15-5-8-18-7-3-4-9-20(18)28/h3-4,7,9-13H,5-6,8,14-17H2,1-2H3. The number of carbonyl (C=O) groups excluding carboxylic acids is 1. The molecule has 4 rings (SSSR count). The highest BCUT2D eigenvalue weighted by atomic mass is 32.2. The quantitative estimate of drug-likeness (QED) is 0.505. The van der Waals surface area contributed by atoms with Crippen molar-refractivity contribution in [2.45, 2.75) is 31.0 Å². The Kier molecular flexibility index (Phi) is 6.99. The average Bonchev–Trinajstić information content (AvgIpc) is 3.20. The van der Waals surface area contributed by atoms with E-state index in [1.807, 2.05) is 35.2 Å². The van der Waals surface area contributed by atoms with Gasteiger partial charge in [0.05, 0.1) is 5.75 Å². The molecule has 8 heteroatoms. The van der Waals surface area contributed by atoms with Crippen LogP contribution in [0, 0.1) is 0 Å². The zero-order valence-corrected chi connectivity index (χ0v) is 18.9. The minimum absolute atomic E-state index is 0.116. The molecule has 1 aromatic carbocycles. The molecule has 0 bridgehead atoms. The first-order chi connectivity index (χ1) is 15.1. The van der Waals surface area contributed by atoms with Crippen molar-refractivity contribution in [1.29, 1.82) is 0 Å². The van der Waals surface area contributed by atoms with Crippen molar-refractivity contribution in [2.24, 2.45) is 0 Å². The number of fused-ring (bicyclic) bond motifs is 1. The third-order valence-electron chi connectivity index (χ3n) is 5.38. The lowest BCUT2D eigenvalue weighted by molar-refractivity contribution is -0.116. The lowest BCUT2D eigenvalue weighted by atomic mass is 10.0. The Bertz CT molecular complexity index is 1020. The number of nitrogens with zero attached hydrogens (tertiary/aromatic N) is 6. The van der Waals surface area contributed by atoms with Crippen molar-refractivity contribution < 1.29 is 4.79 Å². The number of anilines is 1. The van der Waals surface area contributed by atoms with Gasteiger partial charge in [0.25, 0.3) is 0 Å². The number of hydrogen-bond acceptors (Lipinski definition) is 6. The molecule has 162 valence electrons. The number of aromatic nitrogens is 4. The Morgan fingerprint density at radius 2 is 1.94 bits per heavy atom. The summed E-state index contributed by atoms with van der Waals surface area (Å²) in [5, 5.41) is 9.64. The third kappa shape index (κ3) is 5.14. The predicted octanol–water partition coefficient (Wildman–Crippen LogP) is 3.36. The SMILES string of the molecule is CN(C)CCCn1c(SCC(=O)N2CCCc3ccccc32)nnc1-c1ccncc1. The van der Waals surface area contributed by atoms with Gasteiger partial charge in [0.2, 0.25) is 5.91 Å². The van der Waals surface area contributed by atoms with E-state index in [1.54, 1.807) is 12.4 Å². The smallest absolute Gasteiger partial charge is 0.237 e. The number of thioether (sulfide) groups is 1. The number of benzene rings is 1. The number of pyridine rings is 1. The summed E-state index contributed by atoms with van der Waals surface area (Å²) >= 11 is 1.47. The Labute approximate surface area is 187 Å². The van der Waals surface area contributed by atoms with Crippen LogP contribution in [0.25, 0.3) is 11.4 Å². The average molecular weight is 437 g/mol. The molecule has 0 saturated heterocycles. The van der Waals surface area contributed by atoms with Gasteiger partial charge in [-0.05, 0) is 63.7 Å². The maximum Gasteiger partial charge on any atom is 0.237 e. The minimum Gasteiger partial charge on any atom is -0.311 e. The van der Waals surface area contributed by atoms with E-state index in [9.17, 15) is 4.79 Å². The summed E-state index contributed by atoms with van der Waals surface area (Å²) in [6, 6.07) is 12.1. The van der Waals surface area contributed by atoms with Crippen LogP contribution in [0.2, 0.25) is 0 Å². The highest BCUT2D eigenvalue weighted by molar-refractivity contribution is 7.99. The van der Waals surface area contributed by atoms with Crippen molar-refractivity contribution in [3.05, 3.63) is 54.4 Å². The number of rotatable bonds is 8. The maximum atomic E-state index is 13.1. The van der Waals surface area contributed by atoms with E-state index in [0.717, 1.165) is 61.1 Å². The van der Waals surface area contributed by atoms with Gasteiger partial charge in [-0.3, -0.25) is 9.78 Å². The molecule has 0 radical (unpaired) electrons. The molecule has 1 aliphatic heterocycles. The van der Waals surface area contributed by atoms with Gasteiger partial charge in [-0.2, -0.15) is 0 Å². The van der Waals surface area contributed by atoms with E-state index in [-0.39, 0.29) is 5.91 Å². The molecule has 0 saturated carbocycles. The Balaban J connectivity index is 1.50. The highest BCUT2D eigenvalue weighted by Crippen LogP contribution is 2.29. The van der Waals surface area contributed by atoms with E-state index in [4.69, 9.17) is 0 Å². The maximum absolute atomic E-state index is 13.1. The van der Waals surface area contributed by atoms with Crippen LogP contribution in [0.15, 0.2) is 53.9 Å². The third-order valence-corrected chi connectivity index (χ3v) is 6.33.